The molecular formula is C23H26NO4S2Y-. The van der Waals surface area contributed by atoms with E-state index < -0.39 is 16.1 Å². The molecule has 0 saturated carbocycles. The summed E-state index contributed by atoms with van der Waals surface area (Å²) in [6, 6.07) is 21.5. The maximum absolute atomic E-state index is 12.3. The molecule has 0 fully saturated rings. The van der Waals surface area contributed by atoms with Crippen molar-refractivity contribution < 1.29 is 51.0 Å². The number of rotatable bonds is 10. The Labute approximate surface area is 214 Å². The molecule has 5 nitrogen and oxygen atoms in total. The molecule has 1 unspecified atom stereocenters. The molecule has 0 bridgehead atoms. The third-order valence-electron chi connectivity index (χ3n) is 4.64. The van der Waals surface area contributed by atoms with Gasteiger partial charge < -0.3 is 9.84 Å². The molecule has 3 aromatic rings. The Bertz CT molecular complexity index is 1040. The van der Waals surface area contributed by atoms with E-state index in [-0.39, 0.29) is 45.9 Å². The predicted octanol–water partition coefficient (Wildman–Crippen LogP) is 4.11. The fourth-order valence-electron chi connectivity index (χ4n) is 3.11. The van der Waals surface area contributed by atoms with Gasteiger partial charge in [-0.3, -0.25) is 4.31 Å². The Morgan fingerprint density at radius 1 is 1.16 bits per heavy atom. The van der Waals surface area contributed by atoms with Crippen LogP contribution in [0.3, 0.4) is 0 Å². The van der Waals surface area contributed by atoms with Gasteiger partial charge in [0, 0.05) is 55.5 Å². The van der Waals surface area contributed by atoms with Gasteiger partial charge in [-0.2, -0.15) is 30.3 Å². The Hall–Kier alpha value is -1.09. The predicted molar refractivity (Wildman–Crippen MR) is 121 cm³/mol. The van der Waals surface area contributed by atoms with E-state index in [0.717, 1.165) is 16.0 Å². The molecule has 0 saturated heterocycles. The van der Waals surface area contributed by atoms with Gasteiger partial charge in [0.15, 0.2) is 0 Å². The molecule has 1 N–H and O–H groups in total. The Morgan fingerprint density at radius 2 is 1.90 bits per heavy atom. The molecule has 0 spiro atoms. The van der Waals surface area contributed by atoms with E-state index in [2.05, 4.69) is 6.07 Å². The van der Waals surface area contributed by atoms with Crippen molar-refractivity contribution >= 4 is 27.0 Å². The van der Waals surface area contributed by atoms with E-state index >= 15 is 0 Å². The summed E-state index contributed by atoms with van der Waals surface area (Å²) >= 11 is 1.67. The van der Waals surface area contributed by atoms with Gasteiger partial charge in [0.1, 0.15) is 0 Å². The van der Waals surface area contributed by atoms with Crippen molar-refractivity contribution in [1.82, 2.24) is 0 Å². The summed E-state index contributed by atoms with van der Waals surface area (Å²) in [5.41, 5.74) is 2.30. The quantitative estimate of drug-likeness (QED) is 0.315. The molecule has 8 heteroatoms. The van der Waals surface area contributed by atoms with Crippen LogP contribution >= 0.6 is 11.3 Å². The summed E-state index contributed by atoms with van der Waals surface area (Å²) < 4.78 is 31.5. The fourth-order valence-corrected chi connectivity index (χ4v) is 4.95. The van der Waals surface area contributed by atoms with E-state index in [4.69, 9.17) is 4.74 Å². The first-order valence-electron chi connectivity index (χ1n) is 9.67. The molecule has 3 rings (SSSR count). The molecule has 2 aromatic carbocycles. The van der Waals surface area contributed by atoms with Crippen molar-refractivity contribution in [3.63, 3.8) is 0 Å². The van der Waals surface area contributed by atoms with Crippen LogP contribution in [0.4, 0.5) is 5.69 Å². The summed E-state index contributed by atoms with van der Waals surface area (Å²) in [6.45, 7) is 2.93. The molecule has 1 heterocycles. The third kappa shape index (κ3) is 8.08. The van der Waals surface area contributed by atoms with Crippen molar-refractivity contribution in [2.24, 2.45) is 0 Å². The molecule has 0 aliphatic carbocycles. The van der Waals surface area contributed by atoms with E-state index in [9.17, 15) is 13.5 Å². The van der Waals surface area contributed by atoms with Crippen molar-refractivity contribution in [1.29, 1.82) is 0 Å². The van der Waals surface area contributed by atoms with Crippen LogP contribution in [0.25, 0.3) is 0 Å². The first-order valence-corrected chi connectivity index (χ1v) is 12.3. The summed E-state index contributed by atoms with van der Waals surface area (Å²) in [5, 5.41) is 10.5. The first kappa shape index (κ1) is 26.2. The number of hydrogen-bond donors (Lipinski definition) is 1. The van der Waals surface area contributed by atoms with Crippen LogP contribution in [0, 0.1) is 13.0 Å². The number of sulfonamides is 1. The zero-order chi connectivity index (χ0) is 21.6. The van der Waals surface area contributed by atoms with E-state index in [1.54, 1.807) is 35.6 Å². The molecule has 1 radical (unpaired) electrons. The minimum absolute atomic E-state index is 0. The third-order valence-corrected chi connectivity index (χ3v) is 6.85. The molecular weight excluding hydrogens is 507 g/mol. The number of hydrogen-bond acceptors (Lipinski definition) is 5. The van der Waals surface area contributed by atoms with Crippen molar-refractivity contribution in [2.45, 2.75) is 26.1 Å². The zero-order valence-corrected chi connectivity index (χ0v) is 22.2. The van der Waals surface area contributed by atoms with Gasteiger partial charge in [0.25, 0.3) is 0 Å². The number of thiophene rings is 1. The largest absolute Gasteiger partial charge is 0.388 e. The number of aliphatic hydroxyl groups is 1. The van der Waals surface area contributed by atoms with Crippen LogP contribution in [-0.2, 0) is 60.5 Å². The molecule has 1 atom stereocenters. The Kier molecular flexibility index (Phi) is 10.3. The SMILES string of the molecule is Cc1ccc(CC(O)c2ccc(N(CCOCc3c[c-]ccc3)S(C)(=O)=O)cc2)s1.[Y]. The molecule has 0 amide bonds. The van der Waals surface area contributed by atoms with Crippen LogP contribution in [0.1, 0.15) is 27.0 Å². The normalized spacial score (nSPS) is 12.2. The fraction of sp³-hybridized carbons (Fsp3) is 0.304. The smallest absolute Gasteiger partial charge is 0.232 e. The average Bonchev–Trinajstić information content (AvgIpc) is 3.12. The van der Waals surface area contributed by atoms with Crippen LogP contribution in [0.2, 0.25) is 0 Å². The van der Waals surface area contributed by atoms with E-state index in [1.807, 2.05) is 43.3 Å². The monoisotopic (exact) mass is 533 g/mol. The Morgan fingerprint density at radius 3 is 2.48 bits per heavy atom. The van der Waals surface area contributed by atoms with Crippen LogP contribution in [0.5, 0.6) is 0 Å². The topological polar surface area (TPSA) is 66.8 Å². The number of benzene rings is 2. The number of aliphatic hydroxyl groups excluding tert-OH is 1. The summed E-state index contributed by atoms with van der Waals surface area (Å²) in [7, 11) is -3.46. The standard InChI is InChI=1S/C23H26NO4S2.Y/c1-18-8-13-22(29-18)16-23(25)20-9-11-21(12-10-20)24(30(2,26)27)14-15-28-17-19-6-4-3-5-7-19;/h3-4,6-13,23,25H,14-17H2,1-2H3;/q-1;. The zero-order valence-electron chi connectivity index (χ0n) is 17.7. The number of aryl methyl sites for hydroxylation is 1. The summed E-state index contributed by atoms with van der Waals surface area (Å²) in [6.07, 6.45) is 1.09. The van der Waals surface area contributed by atoms with Gasteiger partial charge in [0.05, 0.1) is 31.2 Å². The van der Waals surface area contributed by atoms with Crippen molar-refractivity contribution in [2.75, 3.05) is 23.7 Å². The van der Waals surface area contributed by atoms with Crippen LogP contribution < -0.4 is 4.31 Å². The average molecular weight is 534 g/mol. The molecule has 0 aliphatic rings. The second kappa shape index (κ2) is 12.2. The van der Waals surface area contributed by atoms with Gasteiger partial charge in [-0.15, -0.1) is 16.9 Å². The first-order chi connectivity index (χ1) is 14.3. The molecule has 31 heavy (non-hydrogen) atoms. The van der Waals surface area contributed by atoms with Crippen LogP contribution in [-0.4, -0.2) is 32.9 Å². The molecule has 0 aliphatic heterocycles. The van der Waals surface area contributed by atoms with E-state index in [0.29, 0.717) is 18.7 Å². The second-order valence-electron chi connectivity index (χ2n) is 7.12. The maximum atomic E-state index is 12.3. The minimum Gasteiger partial charge on any atom is -0.388 e. The summed E-state index contributed by atoms with van der Waals surface area (Å²) in [5.74, 6) is 0. The van der Waals surface area contributed by atoms with E-state index in [1.165, 1.54) is 15.4 Å². The van der Waals surface area contributed by atoms with Gasteiger partial charge in [-0.05, 0) is 36.8 Å². The minimum atomic E-state index is -3.46. The number of ether oxygens (including phenoxy) is 1. The van der Waals surface area contributed by atoms with Gasteiger partial charge in [-0.25, -0.2) is 8.42 Å². The second-order valence-corrected chi connectivity index (χ2v) is 10.4. The molecule has 1 aromatic heterocycles. The van der Waals surface area contributed by atoms with Crippen molar-refractivity contribution in [3.05, 3.63) is 87.6 Å². The number of nitrogens with zero attached hydrogens (tertiary/aromatic N) is 1. The van der Waals surface area contributed by atoms with Gasteiger partial charge in [-0.1, -0.05) is 12.1 Å². The molecule has 163 valence electrons. The van der Waals surface area contributed by atoms with Gasteiger partial charge in [0.2, 0.25) is 10.0 Å². The van der Waals surface area contributed by atoms with Crippen LogP contribution in [0.15, 0.2) is 60.7 Å². The van der Waals surface area contributed by atoms with Crippen molar-refractivity contribution in [3.8, 4) is 0 Å². The maximum Gasteiger partial charge on any atom is 0.232 e. The Balaban J connectivity index is 0.00000341. The van der Waals surface area contributed by atoms with Gasteiger partial charge >= 0.3 is 0 Å². The number of anilines is 1. The summed E-state index contributed by atoms with van der Waals surface area (Å²) in [4.78, 5) is 2.33.